The molecule has 12 heavy (non-hydrogen) atoms. The summed E-state index contributed by atoms with van der Waals surface area (Å²) in [5.41, 5.74) is 0.0968. The van der Waals surface area contributed by atoms with Crippen molar-refractivity contribution >= 4 is 47.6 Å². The number of nitrogens with zero attached hydrogens (tertiary/aromatic N) is 2. The van der Waals surface area contributed by atoms with Crippen molar-refractivity contribution in [1.82, 2.24) is 9.97 Å². The first-order chi connectivity index (χ1) is 5.58. The highest BCUT2D eigenvalue weighted by Crippen LogP contribution is 2.17. The van der Waals surface area contributed by atoms with Gasteiger partial charge < -0.3 is 5.32 Å². The van der Waals surface area contributed by atoms with Crippen LogP contribution in [0.2, 0.25) is 10.3 Å². The Bertz CT molecular complexity index is 261. The molecule has 2 unspecified atom stereocenters. The zero-order valence-corrected chi connectivity index (χ0v) is 9.78. The lowest BCUT2D eigenvalue weighted by atomic mass is 10.7. The number of hydrogen-bond donors (Lipinski definition) is 1. The van der Waals surface area contributed by atoms with Gasteiger partial charge in [0.25, 0.3) is 0 Å². The summed E-state index contributed by atoms with van der Waals surface area (Å²) >= 11 is 11.3. The van der Waals surface area contributed by atoms with Gasteiger partial charge in [-0.15, -0.1) is 18.5 Å². The van der Waals surface area contributed by atoms with Crippen LogP contribution in [0.25, 0.3) is 0 Å². The molecule has 1 N–H and O–H groups in total. The van der Waals surface area contributed by atoms with Crippen LogP contribution in [-0.2, 0) is 0 Å². The van der Waals surface area contributed by atoms with Gasteiger partial charge >= 0.3 is 0 Å². The van der Waals surface area contributed by atoms with Crippen molar-refractivity contribution in [2.45, 2.75) is 5.52 Å². The van der Waals surface area contributed by atoms with Crippen LogP contribution in [0.1, 0.15) is 0 Å². The minimum Gasteiger partial charge on any atom is -0.345 e. The van der Waals surface area contributed by atoms with Gasteiger partial charge in [0.05, 0.1) is 5.52 Å². The second-order valence-electron chi connectivity index (χ2n) is 2.01. The Balaban J connectivity index is 2.85. The molecule has 66 valence electrons. The molecule has 1 aromatic rings. The molecule has 0 radical (unpaired) electrons. The van der Waals surface area contributed by atoms with Gasteiger partial charge in [-0.3, -0.25) is 0 Å². The van der Waals surface area contributed by atoms with Crippen LogP contribution in [0.5, 0.6) is 0 Å². The summed E-state index contributed by atoms with van der Waals surface area (Å²) in [5, 5.41) is 3.58. The Kier molecular flexibility index (Phi) is 3.92. The van der Waals surface area contributed by atoms with Gasteiger partial charge in [-0.1, -0.05) is 23.2 Å². The molecular weight excluding hydrogens is 235 g/mol. The molecule has 1 aromatic heterocycles. The summed E-state index contributed by atoms with van der Waals surface area (Å²) in [6.07, 6.45) is 0. The van der Waals surface area contributed by atoms with Crippen LogP contribution < -0.4 is 5.32 Å². The maximum atomic E-state index is 5.64. The first kappa shape index (κ1) is 10.4. The van der Waals surface area contributed by atoms with Crippen LogP contribution >= 0.6 is 41.7 Å². The predicted octanol–water partition coefficient (Wildman–Crippen LogP) is 2.23. The maximum Gasteiger partial charge on any atom is 0.226 e. The van der Waals surface area contributed by atoms with E-state index in [2.05, 4.69) is 33.8 Å². The van der Waals surface area contributed by atoms with Gasteiger partial charge in [0, 0.05) is 6.07 Å². The fourth-order valence-corrected chi connectivity index (χ4v) is 1.32. The molecule has 0 aliphatic carbocycles. The van der Waals surface area contributed by atoms with Gasteiger partial charge in [0.2, 0.25) is 5.95 Å². The molecule has 0 saturated carbocycles. The van der Waals surface area contributed by atoms with Crippen LogP contribution in [0, 0.1) is 0 Å². The standard InChI is InChI=1S/C5H7Cl2N3P2/c6-2-1-3(7)9-4(8-2)10-5(11)12/h1,5H,11-12H2,(H,8,9,10). The molecule has 3 nitrogen and oxygen atoms in total. The monoisotopic (exact) mass is 241 g/mol. The quantitative estimate of drug-likeness (QED) is 0.638. The lowest BCUT2D eigenvalue weighted by Crippen LogP contribution is -2.06. The minimum absolute atomic E-state index is 0.0968. The number of hydrogen-bond acceptors (Lipinski definition) is 3. The van der Waals surface area contributed by atoms with E-state index in [0.29, 0.717) is 16.3 Å². The molecule has 0 aliphatic rings. The SMILES string of the molecule is PC(P)Nc1nc(Cl)cc(Cl)n1. The number of anilines is 1. The van der Waals surface area contributed by atoms with Crippen LogP contribution in [0.4, 0.5) is 5.95 Å². The predicted molar refractivity (Wildman–Crippen MR) is 58.9 cm³/mol. The summed E-state index contributed by atoms with van der Waals surface area (Å²) in [5.74, 6) is 0.419. The molecule has 0 amide bonds. The molecule has 0 spiro atoms. The van der Waals surface area contributed by atoms with Gasteiger partial charge in [-0.05, 0) is 0 Å². The number of rotatable bonds is 2. The Labute approximate surface area is 85.1 Å². The summed E-state index contributed by atoms with van der Waals surface area (Å²) in [6.45, 7) is 0. The number of nitrogens with one attached hydrogen (secondary N) is 1. The fourth-order valence-electron chi connectivity index (χ4n) is 0.604. The molecule has 0 saturated heterocycles. The molecule has 7 heteroatoms. The van der Waals surface area contributed by atoms with Crippen molar-refractivity contribution in [3.8, 4) is 0 Å². The van der Waals surface area contributed by atoms with E-state index in [1.165, 1.54) is 6.07 Å². The third-order valence-corrected chi connectivity index (χ3v) is 1.68. The minimum atomic E-state index is 0.0968. The third-order valence-electron chi connectivity index (χ3n) is 0.959. The molecule has 0 aliphatic heterocycles. The third kappa shape index (κ3) is 3.37. The fraction of sp³-hybridized carbons (Fsp3) is 0.200. The molecular formula is C5H7Cl2N3P2. The van der Waals surface area contributed by atoms with E-state index in [4.69, 9.17) is 23.2 Å². The smallest absolute Gasteiger partial charge is 0.226 e. The van der Waals surface area contributed by atoms with Crippen LogP contribution in [0.3, 0.4) is 0 Å². The van der Waals surface area contributed by atoms with Crippen molar-refractivity contribution in [3.05, 3.63) is 16.4 Å². The van der Waals surface area contributed by atoms with E-state index in [9.17, 15) is 0 Å². The van der Waals surface area contributed by atoms with Gasteiger partial charge in [-0.25, -0.2) is 9.97 Å². The summed E-state index contributed by atoms with van der Waals surface area (Å²) in [7, 11) is 5.05. The number of aromatic nitrogens is 2. The molecule has 1 heterocycles. The van der Waals surface area contributed by atoms with E-state index in [1.807, 2.05) is 0 Å². The summed E-state index contributed by atoms with van der Waals surface area (Å²) < 4.78 is 0. The van der Waals surface area contributed by atoms with Crippen LogP contribution in [0.15, 0.2) is 6.07 Å². The van der Waals surface area contributed by atoms with Gasteiger partial charge in [0.1, 0.15) is 10.3 Å². The van der Waals surface area contributed by atoms with Crippen molar-refractivity contribution in [3.63, 3.8) is 0 Å². The molecule has 0 bridgehead atoms. The maximum absolute atomic E-state index is 5.64. The summed E-state index contributed by atoms with van der Waals surface area (Å²) in [4.78, 5) is 7.81. The molecule has 0 fully saturated rings. The highest BCUT2D eigenvalue weighted by atomic mass is 35.5. The Morgan fingerprint density at radius 2 is 1.75 bits per heavy atom. The van der Waals surface area contributed by atoms with Crippen molar-refractivity contribution in [1.29, 1.82) is 0 Å². The first-order valence-corrected chi connectivity index (χ1v) is 5.14. The largest absolute Gasteiger partial charge is 0.345 e. The lowest BCUT2D eigenvalue weighted by molar-refractivity contribution is 1.13. The van der Waals surface area contributed by atoms with Gasteiger partial charge in [0.15, 0.2) is 0 Å². The number of halogens is 2. The van der Waals surface area contributed by atoms with Crippen molar-refractivity contribution < 1.29 is 0 Å². The Morgan fingerprint density at radius 3 is 2.17 bits per heavy atom. The van der Waals surface area contributed by atoms with E-state index < -0.39 is 0 Å². The van der Waals surface area contributed by atoms with Crippen molar-refractivity contribution in [2.75, 3.05) is 5.32 Å². The normalized spacial score (nSPS) is 10.4. The second kappa shape index (κ2) is 4.53. The highest BCUT2D eigenvalue weighted by Gasteiger charge is 2.01. The van der Waals surface area contributed by atoms with Crippen LogP contribution in [-0.4, -0.2) is 15.5 Å². The Morgan fingerprint density at radius 1 is 1.25 bits per heavy atom. The van der Waals surface area contributed by atoms with Crippen molar-refractivity contribution in [2.24, 2.45) is 0 Å². The summed E-state index contributed by atoms with van der Waals surface area (Å²) in [6, 6.07) is 1.48. The molecule has 0 aromatic carbocycles. The lowest BCUT2D eigenvalue weighted by Gasteiger charge is -2.07. The van der Waals surface area contributed by atoms with E-state index in [1.54, 1.807) is 0 Å². The first-order valence-electron chi connectivity index (χ1n) is 3.06. The molecule has 2 atom stereocenters. The molecule has 1 rings (SSSR count). The Hall–Kier alpha value is 0.320. The van der Waals surface area contributed by atoms with E-state index in [0.717, 1.165) is 0 Å². The average molecular weight is 242 g/mol. The zero-order valence-electron chi connectivity index (χ0n) is 5.96. The van der Waals surface area contributed by atoms with E-state index in [-0.39, 0.29) is 5.52 Å². The zero-order chi connectivity index (χ0) is 9.14. The van der Waals surface area contributed by atoms with Gasteiger partial charge in [-0.2, -0.15) is 0 Å². The highest BCUT2D eigenvalue weighted by molar-refractivity contribution is 7.38. The topological polar surface area (TPSA) is 37.8 Å². The second-order valence-corrected chi connectivity index (χ2v) is 4.99. The average Bonchev–Trinajstić information content (AvgIpc) is 1.81. The van der Waals surface area contributed by atoms with E-state index >= 15 is 0 Å².